The number of hydroxylamine groups is 2. The van der Waals surface area contributed by atoms with Crippen LogP contribution in [0.4, 0.5) is 0 Å². The van der Waals surface area contributed by atoms with Gasteiger partial charge in [-0.25, -0.2) is 0 Å². The van der Waals surface area contributed by atoms with Crippen molar-refractivity contribution in [2.45, 2.75) is 17.3 Å². The summed E-state index contributed by atoms with van der Waals surface area (Å²) in [5, 5.41) is 11.0. The molecule has 0 saturated carbocycles. The summed E-state index contributed by atoms with van der Waals surface area (Å²) in [5.41, 5.74) is 1.00. The minimum absolute atomic E-state index is 0.162. The van der Waals surface area contributed by atoms with E-state index >= 15 is 0 Å². The molecule has 4 heteroatoms. The number of nitrogens with zero attached hydrogens (tertiary/aromatic N) is 1. The van der Waals surface area contributed by atoms with Crippen LogP contribution in [0.3, 0.4) is 0 Å². The third-order valence-corrected chi connectivity index (χ3v) is 6.09. The molecule has 0 radical (unpaired) electrons. The molecule has 2 aromatic carbocycles. The van der Waals surface area contributed by atoms with Gasteiger partial charge in [-0.1, -0.05) is 0 Å². The Morgan fingerprint density at radius 3 is 2.25 bits per heavy atom. The summed E-state index contributed by atoms with van der Waals surface area (Å²) in [5.74, 6) is -0.179. The SMILES string of the molecule is O=C1CC([Se]c2ccccc2)C(c2ccccc2)N1O. The van der Waals surface area contributed by atoms with Crippen LogP contribution >= 0.6 is 0 Å². The standard InChI is InChI=1S/C16H15NO2Se/c18-15-11-14(20-13-9-5-2-6-10-13)16(17(15)19)12-7-3-1-4-8-12/h1-10,14,16,19H,11H2. The molecule has 0 spiro atoms. The molecule has 0 aliphatic carbocycles. The molecule has 3 nitrogen and oxygen atoms in total. The van der Waals surface area contributed by atoms with E-state index in [1.165, 1.54) is 4.46 Å². The molecule has 2 atom stereocenters. The predicted octanol–water partition coefficient (Wildman–Crippen LogP) is 2.17. The van der Waals surface area contributed by atoms with Crippen LogP contribution in [-0.2, 0) is 4.79 Å². The Hall–Kier alpha value is -1.61. The summed E-state index contributed by atoms with van der Waals surface area (Å²) in [6.07, 6.45) is 0.422. The molecule has 1 N–H and O–H groups in total. The normalized spacial score (nSPS) is 22.2. The molecule has 102 valence electrons. The average Bonchev–Trinajstić information content (AvgIpc) is 2.76. The van der Waals surface area contributed by atoms with Gasteiger partial charge in [0.05, 0.1) is 0 Å². The molecular formula is C16H15NO2Se. The summed E-state index contributed by atoms with van der Waals surface area (Å²) >= 11 is 0.162. The Kier molecular flexibility index (Phi) is 3.88. The Morgan fingerprint density at radius 2 is 1.60 bits per heavy atom. The van der Waals surface area contributed by atoms with Crippen molar-refractivity contribution < 1.29 is 10.0 Å². The first-order valence-electron chi connectivity index (χ1n) is 6.53. The van der Waals surface area contributed by atoms with Crippen LogP contribution < -0.4 is 4.46 Å². The molecule has 0 aromatic heterocycles. The molecule has 2 aromatic rings. The summed E-state index contributed by atoms with van der Waals surface area (Å²) in [6, 6.07) is 19.8. The van der Waals surface area contributed by atoms with Crippen LogP contribution in [-0.4, -0.2) is 31.1 Å². The van der Waals surface area contributed by atoms with Crippen LogP contribution in [0, 0.1) is 0 Å². The summed E-state index contributed by atoms with van der Waals surface area (Å²) in [4.78, 5) is 12.0. The Morgan fingerprint density at radius 1 is 1.00 bits per heavy atom. The number of amides is 1. The zero-order valence-corrected chi connectivity index (χ0v) is 12.6. The first-order chi connectivity index (χ1) is 9.75. The second-order valence-electron chi connectivity index (χ2n) is 4.77. The van der Waals surface area contributed by atoms with Gasteiger partial charge in [0, 0.05) is 0 Å². The summed E-state index contributed by atoms with van der Waals surface area (Å²) in [7, 11) is 0. The topological polar surface area (TPSA) is 40.5 Å². The Balaban J connectivity index is 1.87. The number of carbonyl (C=O) groups is 1. The zero-order chi connectivity index (χ0) is 13.9. The predicted molar refractivity (Wildman–Crippen MR) is 78.0 cm³/mol. The van der Waals surface area contributed by atoms with E-state index < -0.39 is 0 Å². The second-order valence-corrected chi connectivity index (χ2v) is 7.52. The van der Waals surface area contributed by atoms with Crippen LogP contribution in [0.5, 0.6) is 0 Å². The monoisotopic (exact) mass is 333 g/mol. The van der Waals surface area contributed by atoms with Crippen LogP contribution in [0.15, 0.2) is 60.7 Å². The number of benzene rings is 2. The van der Waals surface area contributed by atoms with Gasteiger partial charge in [-0.15, -0.1) is 0 Å². The van der Waals surface area contributed by atoms with Gasteiger partial charge in [0.15, 0.2) is 0 Å². The number of hydrogen-bond donors (Lipinski definition) is 1. The molecule has 20 heavy (non-hydrogen) atoms. The van der Waals surface area contributed by atoms with Crippen molar-refractivity contribution in [2.24, 2.45) is 0 Å². The molecule has 0 bridgehead atoms. The zero-order valence-electron chi connectivity index (χ0n) is 10.8. The molecule has 1 aliphatic rings. The molecule has 1 fully saturated rings. The van der Waals surface area contributed by atoms with E-state index in [0.29, 0.717) is 6.42 Å². The van der Waals surface area contributed by atoms with Crippen LogP contribution in [0.25, 0.3) is 0 Å². The van der Waals surface area contributed by atoms with Gasteiger partial charge in [0.25, 0.3) is 0 Å². The van der Waals surface area contributed by atoms with Crippen molar-refractivity contribution >= 4 is 25.3 Å². The van der Waals surface area contributed by atoms with Crippen molar-refractivity contribution in [1.82, 2.24) is 5.06 Å². The third-order valence-electron chi connectivity index (χ3n) is 3.42. The minimum atomic E-state index is -0.219. The maximum atomic E-state index is 11.8. The van der Waals surface area contributed by atoms with Gasteiger partial charge < -0.3 is 0 Å². The fraction of sp³-hybridized carbons (Fsp3) is 0.188. The van der Waals surface area contributed by atoms with Crippen LogP contribution in [0.2, 0.25) is 4.82 Å². The van der Waals surface area contributed by atoms with E-state index in [1.807, 2.05) is 48.5 Å². The average molecular weight is 332 g/mol. The van der Waals surface area contributed by atoms with E-state index in [1.54, 1.807) is 0 Å². The van der Waals surface area contributed by atoms with Crippen LogP contribution in [0.1, 0.15) is 18.0 Å². The third kappa shape index (κ3) is 2.63. The maximum absolute atomic E-state index is 11.8. The number of carbonyl (C=O) groups excluding carboxylic acids is 1. The van der Waals surface area contributed by atoms with E-state index in [4.69, 9.17) is 0 Å². The summed E-state index contributed by atoms with van der Waals surface area (Å²) < 4.78 is 1.26. The molecule has 1 saturated heterocycles. The van der Waals surface area contributed by atoms with Crippen molar-refractivity contribution in [1.29, 1.82) is 0 Å². The van der Waals surface area contributed by atoms with E-state index in [9.17, 15) is 10.0 Å². The van der Waals surface area contributed by atoms with Crippen molar-refractivity contribution in [3.05, 3.63) is 66.2 Å². The fourth-order valence-corrected chi connectivity index (χ4v) is 5.18. The van der Waals surface area contributed by atoms with E-state index in [-0.39, 0.29) is 31.7 Å². The van der Waals surface area contributed by atoms with Gasteiger partial charge in [0.2, 0.25) is 0 Å². The van der Waals surface area contributed by atoms with E-state index in [2.05, 4.69) is 12.1 Å². The Labute approximate surface area is 124 Å². The first-order valence-corrected chi connectivity index (χ1v) is 8.38. The van der Waals surface area contributed by atoms with Gasteiger partial charge in [-0.2, -0.15) is 0 Å². The van der Waals surface area contributed by atoms with Gasteiger partial charge >= 0.3 is 124 Å². The Bertz CT molecular complexity index is 588. The quantitative estimate of drug-likeness (QED) is 0.691. The van der Waals surface area contributed by atoms with Gasteiger partial charge in [0.1, 0.15) is 0 Å². The number of rotatable bonds is 3. The molecule has 2 unspecified atom stereocenters. The molecule has 1 heterocycles. The first kappa shape index (κ1) is 13.4. The molecule has 3 rings (SSSR count). The van der Waals surface area contributed by atoms with Crippen molar-refractivity contribution in [2.75, 3.05) is 0 Å². The number of hydrogen-bond acceptors (Lipinski definition) is 2. The molecular weight excluding hydrogens is 317 g/mol. The van der Waals surface area contributed by atoms with Crippen molar-refractivity contribution in [3.63, 3.8) is 0 Å². The summed E-state index contributed by atoms with van der Waals surface area (Å²) in [6.45, 7) is 0. The van der Waals surface area contributed by atoms with E-state index in [0.717, 1.165) is 10.6 Å². The fourth-order valence-electron chi connectivity index (χ4n) is 2.48. The molecule has 1 aliphatic heterocycles. The van der Waals surface area contributed by atoms with Gasteiger partial charge in [-0.05, 0) is 0 Å². The molecule has 1 amide bonds. The second kappa shape index (κ2) is 5.80. The van der Waals surface area contributed by atoms with Crippen molar-refractivity contribution in [3.8, 4) is 0 Å². The van der Waals surface area contributed by atoms with Gasteiger partial charge in [-0.3, -0.25) is 0 Å².